The van der Waals surface area contributed by atoms with Crippen molar-refractivity contribution >= 4 is 27.9 Å². The first kappa shape index (κ1) is 9.78. The molecule has 1 aromatic carbocycles. The maximum absolute atomic E-state index is 11.8. The lowest BCUT2D eigenvalue weighted by Gasteiger charge is -2.05. The predicted octanol–water partition coefficient (Wildman–Crippen LogP) is 2.26. The lowest BCUT2D eigenvalue weighted by atomic mass is 9.98. The molecule has 3 rings (SSSR count). The lowest BCUT2D eigenvalue weighted by Crippen LogP contribution is -2.06. The maximum Gasteiger partial charge on any atom is 0.188 e. The number of carbonyl (C=O) groups excluding carboxylic acids is 2. The summed E-state index contributed by atoms with van der Waals surface area (Å²) in [6, 6.07) is 7.73. The molecule has 0 atom stereocenters. The van der Waals surface area contributed by atoms with Crippen LogP contribution in [0.4, 0.5) is 0 Å². The molecular formula is C14H9NO2. The van der Waals surface area contributed by atoms with E-state index in [1.54, 1.807) is 0 Å². The number of hydrogen-bond donors (Lipinski definition) is 1. The molecule has 0 spiro atoms. The summed E-state index contributed by atoms with van der Waals surface area (Å²) in [5.41, 5.74) is 1.14. The summed E-state index contributed by atoms with van der Waals surface area (Å²) < 4.78 is 0. The molecule has 82 valence electrons. The van der Waals surface area contributed by atoms with Crippen molar-refractivity contribution < 1.29 is 9.59 Å². The monoisotopic (exact) mass is 223 g/mol. The van der Waals surface area contributed by atoms with Crippen LogP contribution in [0.5, 0.6) is 0 Å². The van der Waals surface area contributed by atoms with Gasteiger partial charge in [0, 0.05) is 17.2 Å². The third kappa shape index (κ3) is 1.52. The summed E-state index contributed by atoms with van der Waals surface area (Å²) in [6.07, 6.45) is 5.81. The second kappa shape index (κ2) is 3.56. The van der Waals surface area contributed by atoms with Gasteiger partial charge >= 0.3 is 0 Å². The minimum absolute atomic E-state index is 0.141. The van der Waals surface area contributed by atoms with Crippen molar-refractivity contribution in [3.8, 4) is 0 Å². The summed E-state index contributed by atoms with van der Waals surface area (Å²) in [4.78, 5) is 26.1. The zero-order valence-corrected chi connectivity index (χ0v) is 8.94. The average Bonchev–Trinajstić information content (AvgIpc) is 2.76. The molecule has 0 aliphatic heterocycles. The van der Waals surface area contributed by atoms with Crippen LogP contribution < -0.4 is 0 Å². The number of fused-ring (bicyclic) bond motifs is 1. The first-order valence-electron chi connectivity index (χ1n) is 5.30. The van der Waals surface area contributed by atoms with Gasteiger partial charge in [0.25, 0.3) is 0 Å². The molecule has 0 saturated carbocycles. The predicted molar refractivity (Wildman–Crippen MR) is 65.4 cm³/mol. The summed E-state index contributed by atoms with van der Waals surface area (Å²) in [6.45, 7) is 0. The summed E-state index contributed by atoms with van der Waals surface area (Å²) >= 11 is 0. The van der Waals surface area contributed by atoms with Crippen LogP contribution in [0.2, 0.25) is 0 Å². The van der Waals surface area contributed by atoms with Crippen LogP contribution in [0.1, 0.15) is 5.69 Å². The summed E-state index contributed by atoms with van der Waals surface area (Å²) in [7, 11) is 0. The van der Waals surface area contributed by atoms with E-state index in [2.05, 4.69) is 4.98 Å². The van der Waals surface area contributed by atoms with Crippen molar-refractivity contribution in [2.75, 3.05) is 0 Å². The van der Waals surface area contributed by atoms with Crippen molar-refractivity contribution in [3.63, 3.8) is 0 Å². The van der Waals surface area contributed by atoms with Crippen LogP contribution >= 0.6 is 0 Å². The molecule has 0 amide bonds. The van der Waals surface area contributed by atoms with Gasteiger partial charge in [-0.25, -0.2) is 0 Å². The normalized spacial score (nSPS) is 15.4. The van der Waals surface area contributed by atoms with E-state index in [9.17, 15) is 9.59 Å². The van der Waals surface area contributed by atoms with Gasteiger partial charge in [0.15, 0.2) is 11.6 Å². The molecule has 0 radical (unpaired) electrons. The van der Waals surface area contributed by atoms with Gasteiger partial charge in [0.1, 0.15) is 0 Å². The zero-order chi connectivity index (χ0) is 11.8. The molecule has 1 aromatic heterocycles. The summed E-state index contributed by atoms with van der Waals surface area (Å²) in [5.74, 6) is -0.296. The number of aromatic nitrogens is 1. The molecule has 0 bridgehead atoms. The number of rotatable bonds is 1. The smallest absolute Gasteiger partial charge is 0.188 e. The molecule has 1 heterocycles. The zero-order valence-electron chi connectivity index (χ0n) is 8.94. The number of aromatic amines is 1. The number of H-pyrrole nitrogens is 1. The highest BCUT2D eigenvalue weighted by molar-refractivity contribution is 6.35. The van der Waals surface area contributed by atoms with Gasteiger partial charge in [-0.05, 0) is 23.6 Å². The molecule has 0 unspecified atom stereocenters. The van der Waals surface area contributed by atoms with Crippen LogP contribution in [0.3, 0.4) is 0 Å². The number of allylic oxidation sites excluding steroid dienone is 4. The Balaban J connectivity index is 2.22. The van der Waals surface area contributed by atoms with Crippen molar-refractivity contribution in [3.05, 3.63) is 54.4 Å². The number of carbonyl (C=O) groups is 2. The fourth-order valence-corrected chi connectivity index (χ4v) is 2.01. The number of hydrogen-bond acceptors (Lipinski definition) is 2. The molecule has 0 saturated heterocycles. The van der Waals surface area contributed by atoms with Gasteiger partial charge < -0.3 is 4.98 Å². The first-order chi connectivity index (χ1) is 8.25. The SMILES string of the molecule is O=C1C=CC(=O)C(c2[nH]cc3ccccc23)=C1. The van der Waals surface area contributed by atoms with E-state index in [1.165, 1.54) is 18.2 Å². The van der Waals surface area contributed by atoms with E-state index in [4.69, 9.17) is 0 Å². The second-order valence-corrected chi connectivity index (χ2v) is 3.91. The Kier molecular flexibility index (Phi) is 2.05. The van der Waals surface area contributed by atoms with E-state index in [0.29, 0.717) is 11.3 Å². The number of benzene rings is 1. The van der Waals surface area contributed by atoms with Crippen molar-refractivity contribution in [2.45, 2.75) is 0 Å². The maximum atomic E-state index is 11.8. The Morgan fingerprint density at radius 2 is 1.82 bits per heavy atom. The highest BCUT2D eigenvalue weighted by Gasteiger charge is 2.18. The van der Waals surface area contributed by atoms with Gasteiger partial charge in [0.05, 0.1) is 5.69 Å². The van der Waals surface area contributed by atoms with Gasteiger partial charge in [-0.3, -0.25) is 9.59 Å². The molecule has 1 aliphatic carbocycles. The van der Waals surface area contributed by atoms with Crippen LogP contribution in [0.25, 0.3) is 16.3 Å². The molecule has 3 nitrogen and oxygen atoms in total. The van der Waals surface area contributed by atoms with E-state index >= 15 is 0 Å². The minimum Gasteiger partial charge on any atom is -0.360 e. The highest BCUT2D eigenvalue weighted by Crippen LogP contribution is 2.26. The summed E-state index contributed by atoms with van der Waals surface area (Å²) in [5, 5.41) is 1.98. The standard InChI is InChI=1S/C14H9NO2/c16-10-5-6-13(17)12(7-10)14-11-4-2-1-3-9(11)8-15-14/h1-8,15H. The fraction of sp³-hybridized carbons (Fsp3) is 0. The average molecular weight is 223 g/mol. The Morgan fingerprint density at radius 3 is 2.71 bits per heavy atom. The Bertz CT molecular complexity index is 689. The van der Waals surface area contributed by atoms with E-state index in [-0.39, 0.29) is 11.6 Å². The largest absolute Gasteiger partial charge is 0.360 e. The highest BCUT2D eigenvalue weighted by atomic mass is 16.1. The Morgan fingerprint density at radius 1 is 1.00 bits per heavy atom. The molecule has 3 heteroatoms. The fourth-order valence-electron chi connectivity index (χ4n) is 2.01. The quantitative estimate of drug-likeness (QED) is 0.754. The number of ketones is 2. The van der Waals surface area contributed by atoms with Crippen molar-refractivity contribution in [1.82, 2.24) is 4.98 Å². The Hall–Kier alpha value is -2.42. The van der Waals surface area contributed by atoms with Crippen LogP contribution in [0.15, 0.2) is 48.7 Å². The molecule has 1 aliphatic rings. The third-order valence-electron chi connectivity index (χ3n) is 2.82. The van der Waals surface area contributed by atoms with Gasteiger partial charge in [-0.2, -0.15) is 0 Å². The Labute approximate surface area is 97.4 Å². The van der Waals surface area contributed by atoms with Gasteiger partial charge in [-0.15, -0.1) is 0 Å². The topological polar surface area (TPSA) is 49.9 Å². The molecule has 2 aromatic rings. The first-order valence-corrected chi connectivity index (χ1v) is 5.30. The van der Waals surface area contributed by atoms with Crippen LogP contribution in [-0.2, 0) is 9.59 Å². The van der Waals surface area contributed by atoms with Gasteiger partial charge in [0.2, 0.25) is 0 Å². The van der Waals surface area contributed by atoms with E-state index in [0.717, 1.165) is 10.8 Å². The molecule has 0 fully saturated rings. The van der Waals surface area contributed by atoms with Crippen molar-refractivity contribution in [1.29, 1.82) is 0 Å². The second-order valence-electron chi connectivity index (χ2n) is 3.91. The van der Waals surface area contributed by atoms with Crippen LogP contribution in [-0.4, -0.2) is 16.6 Å². The molecule has 17 heavy (non-hydrogen) atoms. The lowest BCUT2D eigenvalue weighted by molar-refractivity contribution is -0.113. The van der Waals surface area contributed by atoms with E-state index in [1.807, 2.05) is 30.5 Å². The minimum atomic E-state index is -0.154. The molecular weight excluding hydrogens is 214 g/mol. The van der Waals surface area contributed by atoms with Crippen LogP contribution in [0, 0.1) is 0 Å². The van der Waals surface area contributed by atoms with E-state index < -0.39 is 0 Å². The van der Waals surface area contributed by atoms with Crippen molar-refractivity contribution in [2.24, 2.45) is 0 Å². The van der Waals surface area contributed by atoms with Gasteiger partial charge in [-0.1, -0.05) is 24.3 Å². The third-order valence-corrected chi connectivity index (χ3v) is 2.82. The number of nitrogens with one attached hydrogen (secondary N) is 1. The molecule has 1 N–H and O–H groups in total.